The van der Waals surface area contributed by atoms with E-state index in [9.17, 15) is 9.59 Å². The quantitative estimate of drug-likeness (QED) is 0.292. The highest BCUT2D eigenvalue weighted by atomic mass is 32.1. The Morgan fingerprint density at radius 2 is 1.77 bits per heavy atom. The van der Waals surface area contributed by atoms with E-state index in [1.807, 2.05) is 54.6 Å². The van der Waals surface area contributed by atoms with Crippen LogP contribution in [0.1, 0.15) is 44.9 Å². The lowest BCUT2D eigenvalue weighted by atomic mass is 9.90. The first-order chi connectivity index (χ1) is 19.4. The van der Waals surface area contributed by atoms with Gasteiger partial charge in [0.05, 0.1) is 29.5 Å². The number of hydrogen-bond acceptors (Lipinski definition) is 7. The van der Waals surface area contributed by atoms with Gasteiger partial charge in [0.2, 0.25) is 0 Å². The van der Waals surface area contributed by atoms with Crippen LogP contribution in [0.3, 0.4) is 0 Å². The average molecular weight is 556 g/mol. The largest absolute Gasteiger partial charge is 0.496 e. The number of aromatic nitrogens is 1. The second-order valence-corrected chi connectivity index (χ2v) is 10.5. The Hall–Kier alpha value is -4.17. The Bertz CT molecular complexity index is 1780. The third-order valence-corrected chi connectivity index (χ3v) is 8.24. The molecule has 0 radical (unpaired) electrons. The van der Waals surface area contributed by atoms with E-state index in [4.69, 9.17) is 14.5 Å². The zero-order valence-electron chi connectivity index (χ0n) is 23.4. The summed E-state index contributed by atoms with van der Waals surface area (Å²) in [7, 11) is 1.60. The number of fused-ring (bicyclic) bond motifs is 2. The molecule has 4 aromatic rings. The molecule has 0 aliphatic carbocycles. The topological polar surface area (TPSA) is 73.1 Å². The third kappa shape index (κ3) is 4.84. The molecule has 1 aromatic heterocycles. The minimum Gasteiger partial charge on any atom is -0.496 e. The van der Waals surface area contributed by atoms with Gasteiger partial charge in [0.25, 0.3) is 5.56 Å². The molecular weight excluding hydrogens is 522 g/mol. The Kier molecular flexibility index (Phi) is 7.89. The molecule has 8 heteroatoms. The molecule has 3 aromatic carbocycles. The van der Waals surface area contributed by atoms with E-state index in [0.717, 1.165) is 40.7 Å². The highest BCUT2D eigenvalue weighted by molar-refractivity contribution is 7.07. The molecule has 0 amide bonds. The summed E-state index contributed by atoms with van der Waals surface area (Å²) >= 11 is 1.32. The third-order valence-electron chi connectivity index (χ3n) is 7.26. The average Bonchev–Trinajstić information content (AvgIpc) is 3.27. The van der Waals surface area contributed by atoms with Crippen LogP contribution in [0.15, 0.2) is 81.7 Å². The summed E-state index contributed by atoms with van der Waals surface area (Å²) in [4.78, 5) is 35.0. The van der Waals surface area contributed by atoms with Gasteiger partial charge >= 0.3 is 5.97 Å². The van der Waals surface area contributed by atoms with E-state index < -0.39 is 12.0 Å². The second kappa shape index (κ2) is 11.5. The number of rotatable bonds is 8. The van der Waals surface area contributed by atoms with Gasteiger partial charge in [0.1, 0.15) is 11.8 Å². The fourth-order valence-electron chi connectivity index (χ4n) is 5.32. The van der Waals surface area contributed by atoms with Crippen LogP contribution < -0.4 is 24.5 Å². The van der Waals surface area contributed by atoms with Crippen LogP contribution >= 0.6 is 11.3 Å². The molecule has 0 saturated heterocycles. The molecule has 0 N–H and O–H groups in total. The van der Waals surface area contributed by atoms with E-state index in [-0.39, 0.29) is 12.2 Å². The number of nitrogens with zero attached hydrogens (tertiary/aromatic N) is 3. The summed E-state index contributed by atoms with van der Waals surface area (Å²) in [5.74, 6) is 0.0896. The van der Waals surface area contributed by atoms with Gasteiger partial charge in [-0.3, -0.25) is 9.36 Å². The summed E-state index contributed by atoms with van der Waals surface area (Å²) in [6.45, 7) is 9.88. The molecule has 0 fully saturated rings. The normalized spacial score (nSPS) is 15.1. The van der Waals surface area contributed by atoms with E-state index in [1.165, 1.54) is 11.3 Å². The van der Waals surface area contributed by atoms with Crippen LogP contribution in [-0.2, 0) is 9.53 Å². The lowest BCUT2D eigenvalue weighted by molar-refractivity contribution is -0.139. The lowest BCUT2D eigenvalue weighted by Crippen LogP contribution is -2.40. The van der Waals surface area contributed by atoms with Crippen molar-refractivity contribution in [3.63, 3.8) is 0 Å². The molecule has 2 heterocycles. The second-order valence-electron chi connectivity index (χ2n) is 9.47. The first kappa shape index (κ1) is 27.4. The molecule has 0 unspecified atom stereocenters. The number of benzene rings is 3. The summed E-state index contributed by atoms with van der Waals surface area (Å²) in [5, 5.41) is 1.87. The molecule has 0 bridgehead atoms. The minimum atomic E-state index is -0.761. The number of carbonyl (C=O) groups excluding carboxylic acids is 1. The van der Waals surface area contributed by atoms with Crippen molar-refractivity contribution >= 4 is 39.8 Å². The highest BCUT2D eigenvalue weighted by Gasteiger charge is 2.36. The molecule has 206 valence electrons. The van der Waals surface area contributed by atoms with Gasteiger partial charge in [-0.1, -0.05) is 53.8 Å². The molecule has 1 aliphatic rings. The molecular formula is C32H33N3O4S. The van der Waals surface area contributed by atoms with Crippen molar-refractivity contribution in [1.82, 2.24) is 4.57 Å². The molecule has 0 spiro atoms. The Labute approximate surface area is 237 Å². The summed E-state index contributed by atoms with van der Waals surface area (Å²) in [6, 6.07) is 19.2. The number of methoxy groups -OCH3 is 1. The van der Waals surface area contributed by atoms with Crippen molar-refractivity contribution in [2.45, 2.75) is 33.7 Å². The fourth-order valence-corrected chi connectivity index (χ4v) is 6.37. The monoisotopic (exact) mass is 555 g/mol. The van der Waals surface area contributed by atoms with Crippen molar-refractivity contribution in [3.8, 4) is 5.75 Å². The summed E-state index contributed by atoms with van der Waals surface area (Å²) in [6.07, 6.45) is 1.89. The predicted octanol–water partition coefficient (Wildman–Crippen LogP) is 4.81. The molecule has 1 aliphatic heterocycles. The van der Waals surface area contributed by atoms with Gasteiger partial charge < -0.3 is 14.4 Å². The summed E-state index contributed by atoms with van der Waals surface area (Å²) in [5.41, 5.74) is 3.43. The predicted molar refractivity (Wildman–Crippen MR) is 161 cm³/mol. The van der Waals surface area contributed by atoms with Crippen molar-refractivity contribution in [2.75, 3.05) is 31.7 Å². The lowest BCUT2D eigenvalue weighted by Gasteiger charge is -2.27. The van der Waals surface area contributed by atoms with Crippen LogP contribution in [0.5, 0.6) is 5.75 Å². The van der Waals surface area contributed by atoms with Crippen LogP contribution in [-0.4, -0.2) is 37.3 Å². The van der Waals surface area contributed by atoms with Gasteiger partial charge in [0, 0.05) is 24.3 Å². The number of allylic oxidation sites excluding steroid dienone is 1. The maximum atomic E-state index is 14.1. The highest BCUT2D eigenvalue weighted by Crippen LogP contribution is 2.40. The first-order valence-electron chi connectivity index (χ1n) is 13.5. The maximum absolute atomic E-state index is 14.1. The first-order valence-corrected chi connectivity index (χ1v) is 14.3. The number of hydrogen-bond donors (Lipinski definition) is 0. The van der Waals surface area contributed by atoms with Gasteiger partial charge in [-0.2, -0.15) is 0 Å². The van der Waals surface area contributed by atoms with Gasteiger partial charge in [0.15, 0.2) is 4.80 Å². The Balaban J connectivity index is 1.75. The number of thiazole rings is 1. The fraction of sp³-hybridized carbons (Fsp3) is 0.281. The van der Waals surface area contributed by atoms with Crippen LogP contribution in [0.2, 0.25) is 0 Å². The number of carbonyl (C=O) groups is 1. The van der Waals surface area contributed by atoms with Gasteiger partial charge in [-0.15, -0.1) is 0 Å². The van der Waals surface area contributed by atoms with Crippen molar-refractivity contribution < 1.29 is 14.3 Å². The van der Waals surface area contributed by atoms with Crippen molar-refractivity contribution in [3.05, 3.63) is 103 Å². The van der Waals surface area contributed by atoms with E-state index >= 15 is 0 Å². The standard InChI is InChI=1S/C32H33N3O4S/c1-6-34(7-2)23-16-13-21(14-17-23)19-26-30(36)35-29(27(31(37)39-8-3)20(4)33-32(35)40-26)28-24-12-10-9-11-22(24)15-18-25(28)38-5/h9-19,29H,6-8H2,1-5H3/t29-/m0/s1. The minimum absolute atomic E-state index is 0.211. The number of esters is 1. The summed E-state index contributed by atoms with van der Waals surface area (Å²) < 4.78 is 13.4. The molecule has 7 nitrogen and oxygen atoms in total. The number of anilines is 1. The van der Waals surface area contributed by atoms with E-state index in [0.29, 0.717) is 26.4 Å². The molecule has 1 atom stereocenters. The molecule has 0 saturated carbocycles. The zero-order chi connectivity index (χ0) is 28.4. The zero-order valence-corrected chi connectivity index (χ0v) is 24.2. The SMILES string of the molecule is CCOC(=O)C1=C(C)N=c2sc(=Cc3ccc(N(CC)CC)cc3)c(=O)n2[C@@H]1c1c(OC)ccc2ccccc12. The number of ether oxygens (including phenoxy) is 2. The van der Waals surface area contributed by atoms with Crippen LogP contribution in [0.4, 0.5) is 5.69 Å². The van der Waals surface area contributed by atoms with Crippen molar-refractivity contribution in [2.24, 2.45) is 4.99 Å². The van der Waals surface area contributed by atoms with Crippen LogP contribution in [0, 0.1) is 0 Å². The maximum Gasteiger partial charge on any atom is 0.338 e. The van der Waals surface area contributed by atoms with Crippen LogP contribution in [0.25, 0.3) is 16.8 Å². The molecule has 5 rings (SSSR count). The smallest absolute Gasteiger partial charge is 0.338 e. The Morgan fingerprint density at radius 1 is 1.05 bits per heavy atom. The van der Waals surface area contributed by atoms with E-state index in [2.05, 4.69) is 30.9 Å². The van der Waals surface area contributed by atoms with Gasteiger partial charge in [-0.25, -0.2) is 9.79 Å². The van der Waals surface area contributed by atoms with E-state index in [1.54, 1.807) is 25.5 Å². The Morgan fingerprint density at radius 3 is 2.45 bits per heavy atom. The molecule has 40 heavy (non-hydrogen) atoms. The van der Waals surface area contributed by atoms with Gasteiger partial charge in [-0.05, 0) is 68.3 Å². The van der Waals surface area contributed by atoms with Crippen molar-refractivity contribution in [1.29, 1.82) is 0 Å².